The van der Waals surface area contributed by atoms with Crippen LogP contribution >= 0.6 is 0 Å². The van der Waals surface area contributed by atoms with E-state index in [4.69, 9.17) is 0 Å². The maximum atomic E-state index is 10.9. The van der Waals surface area contributed by atoms with E-state index in [1.54, 1.807) is 0 Å². The lowest BCUT2D eigenvalue weighted by molar-refractivity contribution is -0.134. The van der Waals surface area contributed by atoms with Crippen LogP contribution in [0.4, 0.5) is 0 Å². The lowest BCUT2D eigenvalue weighted by atomic mass is 9.94. The zero-order chi connectivity index (χ0) is 10.5. The van der Waals surface area contributed by atoms with Gasteiger partial charge in [-0.25, -0.2) is 0 Å². The van der Waals surface area contributed by atoms with E-state index in [1.165, 1.54) is 13.8 Å². The highest BCUT2D eigenvalue weighted by Gasteiger charge is 2.25. The zero-order valence-corrected chi connectivity index (χ0v) is 8.59. The van der Waals surface area contributed by atoms with Gasteiger partial charge in [-0.05, 0) is 26.7 Å². The maximum absolute atomic E-state index is 10.9. The molecule has 0 bridgehead atoms. The quantitative estimate of drug-likeness (QED) is 0.683. The third kappa shape index (κ3) is 4.78. The molecule has 0 aromatic heterocycles. The van der Waals surface area contributed by atoms with Crippen LogP contribution in [0.3, 0.4) is 0 Å². The number of aliphatic hydroxyl groups is 1. The normalized spacial score (nSPS) is 15.1. The Balaban J connectivity index is 3.76. The molecule has 0 aliphatic heterocycles. The molecule has 1 unspecified atom stereocenters. The summed E-state index contributed by atoms with van der Waals surface area (Å²) in [7, 11) is 0. The Morgan fingerprint density at radius 3 is 2.31 bits per heavy atom. The van der Waals surface area contributed by atoms with Crippen LogP contribution < -0.4 is 0 Å². The number of rotatable bonds is 6. The van der Waals surface area contributed by atoms with Gasteiger partial charge < -0.3 is 5.11 Å². The van der Waals surface area contributed by atoms with Gasteiger partial charge in [0, 0.05) is 12.8 Å². The Kier molecular flexibility index (Phi) is 4.85. The molecule has 0 aliphatic carbocycles. The maximum Gasteiger partial charge on any atom is 0.160 e. The van der Waals surface area contributed by atoms with Crippen molar-refractivity contribution >= 4 is 11.6 Å². The van der Waals surface area contributed by atoms with Crippen molar-refractivity contribution in [1.82, 2.24) is 0 Å². The average molecular weight is 186 g/mol. The molecule has 0 spiro atoms. The zero-order valence-electron chi connectivity index (χ0n) is 8.59. The summed E-state index contributed by atoms with van der Waals surface area (Å²) < 4.78 is 0. The van der Waals surface area contributed by atoms with Gasteiger partial charge in [0.1, 0.15) is 11.4 Å². The SMILES string of the molecule is CCC(=O)CCCC(C)(O)C(C)=O. The van der Waals surface area contributed by atoms with Crippen LogP contribution in [0.2, 0.25) is 0 Å². The number of hydrogen-bond donors (Lipinski definition) is 1. The Morgan fingerprint density at radius 2 is 1.92 bits per heavy atom. The summed E-state index contributed by atoms with van der Waals surface area (Å²) in [6, 6.07) is 0. The van der Waals surface area contributed by atoms with Crippen molar-refractivity contribution in [2.45, 2.75) is 52.1 Å². The lowest BCUT2D eigenvalue weighted by Gasteiger charge is -2.18. The number of carbonyl (C=O) groups excluding carboxylic acids is 2. The first-order valence-electron chi connectivity index (χ1n) is 4.65. The molecule has 1 atom stereocenters. The Bertz CT molecular complexity index is 194. The van der Waals surface area contributed by atoms with Crippen LogP contribution in [0, 0.1) is 0 Å². The van der Waals surface area contributed by atoms with Crippen LogP contribution in [0.5, 0.6) is 0 Å². The Hall–Kier alpha value is -0.700. The second kappa shape index (κ2) is 5.12. The van der Waals surface area contributed by atoms with Gasteiger partial charge in [-0.2, -0.15) is 0 Å². The molecule has 0 saturated heterocycles. The predicted molar refractivity (Wildman–Crippen MR) is 50.5 cm³/mol. The van der Waals surface area contributed by atoms with Gasteiger partial charge in [-0.3, -0.25) is 9.59 Å². The molecule has 13 heavy (non-hydrogen) atoms. The molecule has 3 nitrogen and oxygen atoms in total. The molecule has 0 saturated carbocycles. The first-order valence-corrected chi connectivity index (χ1v) is 4.65. The third-order valence-corrected chi connectivity index (χ3v) is 2.27. The summed E-state index contributed by atoms with van der Waals surface area (Å²) in [5.41, 5.74) is -1.26. The molecule has 3 heteroatoms. The standard InChI is InChI=1S/C10H18O3/c1-4-9(12)6-5-7-10(3,13)8(2)11/h13H,4-7H2,1-3H3. The number of hydrogen-bond acceptors (Lipinski definition) is 3. The summed E-state index contributed by atoms with van der Waals surface area (Å²) in [5, 5.41) is 9.52. The minimum atomic E-state index is -1.26. The first-order chi connectivity index (χ1) is 5.90. The summed E-state index contributed by atoms with van der Waals surface area (Å²) >= 11 is 0. The number of Topliss-reactive ketones (excluding diaryl/α,β-unsaturated/α-hetero) is 2. The summed E-state index contributed by atoms with van der Waals surface area (Å²) in [6.07, 6.45) is 1.94. The van der Waals surface area contributed by atoms with E-state index in [1.807, 2.05) is 6.92 Å². The van der Waals surface area contributed by atoms with E-state index in [-0.39, 0.29) is 11.6 Å². The molecule has 0 radical (unpaired) electrons. The molecule has 1 N–H and O–H groups in total. The third-order valence-electron chi connectivity index (χ3n) is 2.27. The molecule has 0 rings (SSSR count). The van der Waals surface area contributed by atoms with Crippen molar-refractivity contribution in [2.75, 3.05) is 0 Å². The van der Waals surface area contributed by atoms with Crippen molar-refractivity contribution in [3.8, 4) is 0 Å². The molecule has 0 amide bonds. The topological polar surface area (TPSA) is 54.4 Å². The molecule has 0 heterocycles. The highest BCUT2D eigenvalue weighted by atomic mass is 16.3. The lowest BCUT2D eigenvalue weighted by Crippen LogP contribution is -2.32. The Morgan fingerprint density at radius 1 is 1.38 bits per heavy atom. The van der Waals surface area contributed by atoms with Crippen LogP contribution in [0.25, 0.3) is 0 Å². The van der Waals surface area contributed by atoms with E-state index >= 15 is 0 Å². The fourth-order valence-electron chi connectivity index (χ4n) is 0.983. The molecule has 0 aromatic carbocycles. The van der Waals surface area contributed by atoms with Crippen molar-refractivity contribution in [1.29, 1.82) is 0 Å². The molecule has 76 valence electrons. The first kappa shape index (κ1) is 12.3. The summed E-state index contributed by atoms with van der Waals surface area (Å²) in [5.74, 6) is -0.0594. The van der Waals surface area contributed by atoms with Gasteiger partial charge in [-0.15, -0.1) is 0 Å². The van der Waals surface area contributed by atoms with Crippen molar-refractivity contribution < 1.29 is 14.7 Å². The fourth-order valence-corrected chi connectivity index (χ4v) is 0.983. The van der Waals surface area contributed by atoms with Crippen molar-refractivity contribution in [3.63, 3.8) is 0 Å². The van der Waals surface area contributed by atoms with Crippen LogP contribution in [-0.2, 0) is 9.59 Å². The molecule has 0 aliphatic rings. The highest BCUT2D eigenvalue weighted by molar-refractivity contribution is 5.84. The molecule has 0 aromatic rings. The van der Waals surface area contributed by atoms with Crippen molar-refractivity contribution in [2.24, 2.45) is 0 Å². The highest BCUT2D eigenvalue weighted by Crippen LogP contribution is 2.14. The summed E-state index contributed by atoms with van der Waals surface area (Å²) in [6.45, 7) is 4.67. The van der Waals surface area contributed by atoms with E-state index in [2.05, 4.69) is 0 Å². The fraction of sp³-hybridized carbons (Fsp3) is 0.800. The van der Waals surface area contributed by atoms with Gasteiger partial charge in [-0.1, -0.05) is 6.92 Å². The Labute approximate surface area is 79.1 Å². The van der Waals surface area contributed by atoms with Gasteiger partial charge in [0.25, 0.3) is 0 Å². The minimum Gasteiger partial charge on any atom is -0.382 e. The van der Waals surface area contributed by atoms with Gasteiger partial charge in [0.2, 0.25) is 0 Å². The van der Waals surface area contributed by atoms with E-state index in [9.17, 15) is 14.7 Å². The smallest absolute Gasteiger partial charge is 0.160 e. The van der Waals surface area contributed by atoms with E-state index in [0.717, 1.165) is 0 Å². The largest absolute Gasteiger partial charge is 0.382 e. The number of ketones is 2. The van der Waals surface area contributed by atoms with Crippen LogP contribution in [0.1, 0.15) is 46.5 Å². The van der Waals surface area contributed by atoms with E-state index in [0.29, 0.717) is 25.7 Å². The summed E-state index contributed by atoms with van der Waals surface area (Å²) in [4.78, 5) is 21.8. The van der Waals surface area contributed by atoms with Gasteiger partial charge in [0.05, 0.1) is 0 Å². The number of carbonyl (C=O) groups is 2. The molecular weight excluding hydrogens is 168 g/mol. The second-order valence-corrected chi connectivity index (χ2v) is 3.58. The average Bonchev–Trinajstić information content (AvgIpc) is 2.03. The van der Waals surface area contributed by atoms with Crippen LogP contribution in [-0.4, -0.2) is 22.3 Å². The molecular formula is C10H18O3. The second-order valence-electron chi connectivity index (χ2n) is 3.58. The van der Waals surface area contributed by atoms with Crippen molar-refractivity contribution in [3.05, 3.63) is 0 Å². The molecule has 0 fully saturated rings. The van der Waals surface area contributed by atoms with Crippen LogP contribution in [0.15, 0.2) is 0 Å². The van der Waals surface area contributed by atoms with Gasteiger partial charge >= 0.3 is 0 Å². The van der Waals surface area contributed by atoms with E-state index < -0.39 is 5.60 Å². The van der Waals surface area contributed by atoms with Gasteiger partial charge in [0.15, 0.2) is 5.78 Å². The minimum absolute atomic E-state index is 0.180. The predicted octanol–water partition coefficient (Wildman–Crippen LogP) is 1.48. The monoisotopic (exact) mass is 186 g/mol.